The van der Waals surface area contributed by atoms with E-state index in [2.05, 4.69) is 25.6 Å². The second kappa shape index (κ2) is 8.23. The van der Waals surface area contributed by atoms with Crippen LogP contribution in [0.4, 0.5) is 11.4 Å². The molecule has 7 heteroatoms. The molecule has 3 aromatic heterocycles. The molecule has 0 atom stereocenters. The van der Waals surface area contributed by atoms with E-state index in [1.165, 1.54) is 12.3 Å². The molecule has 5 rings (SSSR count). The average molecular weight is 419 g/mol. The minimum Gasteiger partial charge on any atom is -0.322 e. The van der Waals surface area contributed by atoms with Gasteiger partial charge in [-0.25, -0.2) is 0 Å². The topological polar surface area (TPSA) is 96.9 Å². The number of carbonyl (C=O) groups is 2. The van der Waals surface area contributed by atoms with Gasteiger partial charge in [0.15, 0.2) is 0 Å². The van der Waals surface area contributed by atoms with E-state index in [0.717, 1.165) is 21.8 Å². The highest BCUT2D eigenvalue weighted by Crippen LogP contribution is 2.19. The molecule has 3 heterocycles. The highest BCUT2D eigenvalue weighted by molar-refractivity contribution is 6.08. The lowest BCUT2D eigenvalue weighted by molar-refractivity contribution is 0.102. The SMILES string of the molecule is O=C(Nc1ccc2ncccc2c1)c1ccnc(C(=O)Nc2ccc3ncccc3c2)c1. The number of fused-ring (bicyclic) bond motifs is 2. The van der Waals surface area contributed by atoms with Crippen LogP contribution in [0.2, 0.25) is 0 Å². The Hall–Kier alpha value is -4.65. The molecule has 0 saturated heterocycles. The van der Waals surface area contributed by atoms with Gasteiger partial charge in [0.05, 0.1) is 11.0 Å². The van der Waals surface area contributed by atoms with Gasteiger partial charge in [0.1, 0.15) is 5.69 Å². The predicted octanol–water partition coefficient (Wildman–Crippen LogP) is 4.68. The zero-order chi connectivity index (χ0) is 21.9. The van der Waals surface area contributed by atoms with E-state index in [-0.39, 0.29) is 11.6 Å². The average Bonchev–Trinajstić information content (AvgIpc) is 2.84. The quantitative estimate of drug-likeness (QED) is 0.441. The molecule has 7 nitrogen and oxygen atoms in total. The van der Waals surface area contributed by atoms with E-state index in [1.54, 1.807) is 30.6 Å². The first-order valence-corrected chi connectivity index (χ1v) is 9.94. The maximum Gasteiger partial charge on any atom is 0.274 e. The number of anilines is 2. The summed E-state index contributed by atoms with van der Waals surface area (Å²) in [5, 5.41) is 7.51. The van der Waals surface area contributed by atoms with Crippen LogP contribution in [0.1, 0.15) is 20.8 Å². The van der Waals surface area contributed by atoms with Gasteiger partial charge in [-0.05, 0) is 60.7 Å². The van der Waals surface area contributed by atoms with Crippen molar-refractivity contribution >= 4 is 45.0 Å². The third-order valence-corrected chi connectivity index (χ3v) is 4.98. The molecule has 0 saturated carbocycles. The van der Waals surface area contributed by atoms with Crippen LogP contribution >= 0.6 is 0 Å². The van der Waals surface area contributed by atoms with E-state index in [4.69, 9.17) is 0 Å². The smallest absolute Gasteiger partial charge is 0.274 e. The molecule has 0 spiro atoms. The predicted molar refractivity (Wildman–Crippen MR) is 124 cm³/mol. The Morgan fingerprint density at radius 2 is 1.19 bits per heavy atom. The van der Waals surface area contributed by atoms with Gasteiger partial charge >= 0.3 is 0 Å². The number of carbonyl (C=O) groups excluding carboxylic acids is 2. The molecule has 2 N–H and O–H groups in total. The molecule has 0 fully saturated rings. The zero-order valence-electron chi connectivity index (χ0n) is 16.8. The summed E-state index contributed by atoms with van der Waals surface area (Å²) in [5.74, 6) is -0.735. The Bertz CT molecular complexity index is 1370. The number of nitrogens with zero attached hydrogens (tertiary/aromatic N) is 3. The van der Waals surface area contributed by atoms with Crippen LogP contribution in [0.15, 0.2) is 91.4 Å². The number of amides is 2. The van der Waals surface area contributed by atoms with E-state index in [1.807, 2.05) is 48.5 Å². The lowest BCUT2D eigenvalue weighted by Gasteiger charge is -2.09. The first-order valence-electron chi connectivity index (χ1n) is 9.94. The number of benzene rings is 2. The molecule has 2 amide bonds. The van der Waals surface area contributed by atoms with Gasteiger partial charge in [-0.15, -0.1) is 0 Å². The van der Waals surface area contributed by atoms with Gasteiger partial charge in [0, 0.05) is 46.3 Å². The van der Waals surface area contributed by atoms with Crippen molar-refractivity contribution in [2.75, 3.05) is 10.6 Å². The number of rotatable bonds is 4. The number of hydrogen-bond donors (Lipinski definition) is 2. The van der Waals surface area contributed by atoms with E-state index < -0.39 is 5.91 Å². The fourth-order valence-corrected chi connectivity index (χ4v) is 3.40. The summed E-state index contributed by atoms with van der Waals surface area (Å²) < 4.78 is 0. The van der Waals surface area contributed by atoms with Crippen LogP contribution in [0.25, 0.3) is 21.8 Å². The van der Waals surface area contributed by atoms with Gasteiger partial charge in [-0.1, -0.05) is 12.1 Å². The fourth-order valence-electron chi connectivity index (χ4n) is 3.40. The van der Waals surface area contributed by atoms with Crippen molar-refractivity contribution in [3.05, 3.63) is 103 Å². The highest BCUT2D eigenvalue weighted by atomic mass is 16.2. The first kappa shape index (κ1) is 19.3. The molecule has 154 valence electrons. The molecule has 0 aliphatic carbocycles. The van der Waals surface area contributed by atoms with E-state index >= 15 is 0 Å². The molecular formula is C25H17N5O2. The van der Waals surface area contributed by atoms with Crippen molar-refractivity contribution in [1.29, 1.82) is 0 Å². The largest absolute Gasteiger partial charge is 0.322 e. The number of aromatic nitrogens is 3. The van der Waals surface area contributed by atoms with E-state index in [9.17, 15) is 9.59 Å². The first-order chi connectivity index (χ1) is 15.7. The van der Waals surface area contributed by atoms with Gasteiger partial charge in [0.2, 0.25) is 0 Å². The summed E-state index contributed by atoms with van der Waals surface area (Å²) >= 11 is 0. The monoisotopic (exact) mass is 419 g/mol. The normalized spacial score (nSPS) is 10.8. The summed E-state index contributed by atoms with van der Waals surface area (Å²) in [6.45, 7) is 0. The standard InChI is InChI=1S/C25H17N5O2/c31-24(29-19-5-7-21-16(13-19)3-1-10-26-21)18-9-12-28-23(15-18)25(32)30-20-6-8-22-17(14-20)4-2-11-27-22/h1-15H,(H,29,31)(H,30,32). The molecule has 0 aliphatic rings. The molecule has 0 aliphatic heterocycles. The third-order valence-electron chi connectivity index (χ3n) is 4.98. The van der Waals surface area contributed by atoms with Crippen LogP contribution in [-0.2, 0) is 0 Å². The number of hydrogen-bond acceptors (Lipinski definition) is 5. The molecule has 2 aromatic carbocycles. The Labute approximate surface area is 183 Å². The lowest BCUT2D eigenvalue weighted by atomic mass is 10.1. The van der Waals surface area contributed by atoms with Gasteiger partial charge in [-0.2, -0.15) is 0 Å². The van der Waals surface area contributed by atoms with Crippen molar-refractivity contribution in [1.82, 2.24) is 15.0 Å². The van der Waals surface area contributed by atoms with Crippen LogP contribution in [0.5, 0.6) is 0 Å². The van der Waals surface area contributed by atoms with Crippen LogP contribution in [-0.4, -0.2) is 26.8 Å². The van der Waals surface area contributed by atoms with Crippen molar-refractivity contribution in [3.8, 4) is 0 Å². The van der Waals surface area contributed by atoms with Gasteiger partial charge in [-0.3, -0.25) is 24.5 Å². The molecule has 0 radical (unpaired) electrons. The van der Waals surface area contributed by atoms with Crippen molar-refractivity contribution in [2.45, 2.75) is 0 Å². The summed E-state index contributed by atoms with van der Waals surface area (Å²) in [6, 6.07) is 21.5. The van der Waals surface area contributed by atoms with Crippen LogP contribution in [0, 0.1) is 0 Å². The molecular weight excluding hydrogens is 402 g/mol. The van der Waals surface area contributed by atoms with Crippen molar-refractivity contribution in [2.24, 2.45) is 0 Å². The zero-order valence-corrected chi connectivity index (χ0v) is 16.8. The summed E-state index contributed by atoms with van der Waals surface area (Å²) in [5.41, 5.74) is 3.43. The minimum absolute atomic E-state index is 0.145. The Morgan fingerprint density at radius 1 is 0.594 bits per heavy atom. The fraction of sp³-hybridized carbons (Fsp3) is 0. The minimum atomic E-state index is -0.403. The third kappa shape index (κ3) is 3.99. The van der Waals surface area contributed by atoms with Gasteiger partial charge in [0.25, 0.3) is 11.8 Å². The maximum absolute atomic E-state index is 12.7. The second-order valence-electron chi connectivity index (χ2n) is 7.16. The Morgan fingerprint density at radius 3 is 1.81 bits per heavy atom. The summed E-state index contributed by atoms with van der Waals surface area (Å²) in [7, 11) is 0. The highest BCUT2D eigenvalue weighted by Gasteiger charge is 2.13. The van der Waals surface area contributed by atoms with Gasteiger partial charge < -0.3 is 10.6 Å². The Balaban J connectivity index is 1.33. The number of nitrogens with one attached hydrogen (secondary N) is 2. The molecule has 32 heavy (non-hydrogen) atoms. The molecule has 0 bridgehead atoms. The van der Waals surface area contributed by atoms with Crippen LogP contribution in [0.3, 0.4) is 0 Å². The van der Waals surface area contributed by atoms with E-state index in [0.29, 0.717) is 16.9 Å². The summed E-state index contributed by atoms with van der Waals surface area (Å²) in [4.78, 5) is 38.1. The van der Waals surface area contributed by atoms with Crippen molar-refractivity contribution < 1.29 is 9.59 Å². The second-order valence-corrected chi connectivity index (χ2v) is 7.16. The summed E-state index contributed by atoms with van der Waals surface area (Å²) in [6.07, 6.45) is 4.88. The lowest BCUT2D eigenvalue weighted by Crippen LogP contribution is -2.17. The number of pyridine rings is 3. The molecule has 5 aromatic rings. The Kier molecular flexibility index (Phi) is 4.97. The van der Waals surface area contributed by atoms with Crippen LogP contribution < -0.4 is 10.6 Å². The maximum atomic E-state index is 12.7. The van der Waals surface area contributed by atoms with Crippen molar-refractivity contribution in [3.63, 3.8) is 0 Å². The molecule has 0 unspecified atom stereocenters.